The molecule has 3 aromatic carbocycles. The first kappa shape index (κ1) is 21.4. The van der Waals surface area contributed by atoms with E-state index in [1.807, 2.05) is 30.3 Å². The van der Waals surface area contributed by atoms with E-state index >= 15 is 0 Å². The number of nitrogens with one attached hydrogen (secondary N) is 1. The van der Waals surface area contributed by atoms with Crippen LogP contribution in [0.2, 0.25) is 0 Å². The molecule has 2 aliphatic rings. The van der Waals surface area contributed by atoms with Crippen LogP contribution in [-0.2, 0) is 9.47 Å². The number of anilines is 3. The van der Waals surface area contributed by atoms with Gasteiger partial charge in [0.1, 0.15) is 5.52 Å². The molecule has 8 heteroatoms. The second kappa shape index (κ2) is 8.56. The molecule has 0 spiro atoms. The molecule has 8 nitrogen and oxygen atoms in total. The summed E-state index contributed by atoms with van der Waals surface area (Å²) in [5.41, 5.74) is 5.08. The second-order valence-electron chi connectivity index (χ2n) is 8.45. The summed E-state index contributed by atoms with van der Waals surface area (Å²) < 4.78 is 16.5. The van der Waals surface area contributed by atoms with E-state index in [1.165, 1.54) is 0 Å². The maximum Gasteiger partial charge on any atom is 0.338 e. The molecule has 4 aromatic rings. The van der Waals surface area contributed by atoms with Crippen LogP contribution in [0.3, 0.4) is 0 Å². The highest BCUT2D eigenvalue weighted by molar-refractivity contribution is 6.28. The number of carbonyl (C=O) groups is 2. The van der Waals surface area contributed by atoms with E-state index in [-0.39, 0.29) is 5.78 Å². The molecule has 0 bridgehead atoms. The van der Waals surface area contributed by atoms with Crippen LogP contribution in [0.4, 0.5) is 17.1 Å². The molecule has 176 valence electrons. The average Bonchev–Trinajstić information content (AvgIpc) is 3.34. The first-order valence-corrected chi connectivity index (χ1v) is 11.6. The Balaban J connectivity index is 1.53. The van der Waals surface area contributed by atoms with Gasteiger partial charge in [0.15, 0.2) is 11.5 Å². The lowest BCUT2D eigenvalue weighted by atomic mass is 9.86. The second-order valence-corrected chi connectivity index (χ2v) is 8.45. The number of nitrogens with zero attached hydrogens (tertiary/aromatic N) is 2. The van der Waals surface area contributed by atoms with Crippen molar-refractivity contribution in [3.05, 3.63) is 71.3 Å². The van der Waals surface area contributed by atoms with E-state index in [4.69, 9.17) is 14.0 Å². The van der Waals surface area contributed by atoms with Crippen molar-refractivity contribution in [2.75, 3.05) is 43.1 Å². The Morgan fingerprint density at radius 2 is 1.89 bits per heavy atom. The van der Waals surface area contributed by atoms with Gasteiger partial charge in [-0.1, -0.05) is 35.5 Å². The average molecular weight is 469 g/mol. The Morgan fingerprint density at radius 1 is 1.09 bits per heavy atom. The quantitative estimate of drug-likeness (QED) is 0.367. The summed E-state index contributed by atoms with van der Waals surface area (Å²) in [6.07, 6.45) is 0. The van der Waals surface area contributed by atoms with Crippen LogP contribution >= 0.6 is 0 Å². The molecule has 1 aliphatic carbocycles. The minimum absolute atomic E-state index is 0.0983. The molecule has 0 amide bonds. The maximum absolute atomic E-state index is 13.7. The number of aromatic nitrogens is 1. The van der Waals surface area contributed by atoms with Crippen molar-refractivity contribution < 1.29 is 23.6 Å². The molecule has 0 atom stereocenters. The molecule has 1 N–H and O–H groups in total. The molecule has 1 fully saturated rings. The highest BCUT2D eigenvalue weighted by atomic mass is 16.5. The summed E-state index contributed by atoms with van der Waals surface area (Å²) >= 11 is 0. The van der Waals surface area contributed by atoms with Gasteiger partial charge in [-0.05, 0) is 31.2 Å². The van der Waals surface area contributed by atoms with Crippen LogP contribution < -0.4 is 10.2 Å². The molecule has 1 aliphatic heterocycles. The molecule has 35 heavy (non-hydrogen) atoms. The lowest BCUT2D eigenvalue weighted by molar-refractivity contribution is 0.0526. The maximum atomic E-state index is 13.7. The first-order valence-electron chi connectivity index (χ1n) is 11.6. The summed E-state index contributed by atoms with van der Waals surface area (Å²) in [6.45, 7) is 4.70. The zero-order valence-electron chi connectivity index (χ0n) is 19.2. The molecule has 1 aromatic heterocycles. The number of carbonyl (C=O) groups excluding carboxylic acids is 2. The fraction of sp³-hybridized carbons (Fsp3) is 0.222. The molecule has 0 radical (unpaired) electrons. The number of fused-ring (bicyclic) bond motifs is 2. The fourth-order valence-electron chi connectivity index (χ4n) is 4.78. The largest absolute Gasteiger partial charge is 0.462 e. The van der Waals surface area contributed by atoms with Gasteiger partial charge in [-0.2, -0.15) is 0 Å². The number of rotatable bonds is 5. The predicted molar refractivity (Wildman–Crippen MR) is 132 cm³/mol. The van der Waals surface area contributed by atoms with Crippen molar-refractivity contribution in [1.29, 1.82) is 0 Å². The number of hydrogen-bond acceptors (Lipinski definition) is 8. The third-order valence-corrected chi connectivity index (χ3v) is 6.38. The van der Waals surface area contributed by atoms with Gasteiger partial charge in [-0.25, -0.2) is 4.79 Å². The molecule has 0 saturated carbocycles. The van der Waals surface area contributed by atoms with Gasteiger partial charge in [-0.15, -0.1) is 0 Å². The molecular weight excluding hydrogens is 446 g/mol. The van der Waals surface area contributed by atoms with Crippen LogP contribution in [0.1, 0.15) is 33.2 Å². The number of ether oxygens (including phenoxy) is 2. The normalized spacial score (nSPS) is 14.7. The number of benzene rings is 3. The van der Waals surface area contributed by atoms with E-state index in [2.05, 4.69) is 15.4 Å². The lowest BCUT2D eigenvalue weighted by Crippen LogP contribution is -2.36. The molecule has 1 saturated heterocycles. The van der Waals surface area contributed by atoms with Crippen molar-refractivity contribution >= 4 is 39.7 Å². The highest BCUT2D eigenvalue weighted by Crippen LogP contribution is 2.46. The minimum atomic E-state index is -0.395. The van der Waals surface area contributed by atoms with Crippen molar-refractivity contribution in [2.45, 2.75) is 6.92 Å². The van der Waals surface area contributed by atoms with Gasteiger partial charge in [0.25, 0.3) is 0 Å². The molecule has 0 unspecified atom stereocenters. The van der Waals surface area contributed by atoms with Crippen molar-refractivity contribution in [2.24, 2.45) is 0 Å². The van der Waals surface area contributed by atoms with Gasteiger partial charge in [-0.3, -0.25) is 4.79 Å². The number of ketones is 1. The first-order chi connectivity index (χ1) is 17.2. The zero-order valence-corrected chi connectivity index (χ0v) is 19.2. The minimum Gasteiger partial charge on any atom is -0.462 e. The summed E-state index contributed by atoms with van der Waals surface area (Å²) in [6, 6.07) is 16.4. The standard InChI is InChI=1S/C27H23N3O5/c1-2-34-27(32)16-6-5-7-17(14-16)28-20-15-21(30-10-12-33-13-11-30)24-23-22(20)25(31)18-8-3-4-9-19(18)26(23)35-29-24/h3-9,14-15,28H,2,10-13H2,1H3. The van der Waals surface area contributed by atoms with Crippen molar-refractivity contribution in [3.8, 4) is 11.3 Å². The SMILES string of the molecule is CCOC(=O)c1cccc(Nc2cc(N3CCOCC3)c3noc4c3c2C(=O)c2ccccc2-4)c1. The Labute approximate surface area is 201 Å². The topological polar surface area (TPSA) is 93.9 Å². The molecule has 2 heterocycles. The molecule has 6 rings (SSSR count). The number of morpholine rings is 1. The van der Waals surface area contributed by atoms with E-state index in [0.29, 0.717) is 77.6 Å². The van der Waals surface area contributed by atoms with Gasteiger partial charge in [0.2, 0.25) is 0 Å². The smallest absolute Gasteiger partial charge is 0.338 e. The monoisotopic (exact) mass is 469 g/mol. The fourth-order valence-corrected chi connectivity index (χ4v) is 4.78. The van der Waals surface area contributed by atoms with Crippen LogP contribution in [0.15, 0.2) is 59.1 Å². The van der Waals surface area contributed by atoms with Gasteiger partial charge < -0.3 is 24.2 Å². The summed E-state index contributed by atoms with van der Waals surface area (Å²) in [4.78, 5) is 28.2. The van der Waals surface area contributed by atoms with Crippen LogP contribution in [0.25, 0.3) is 22.2 Å². The van der Waals surface area contributed by atoms with Gasteiger partial charge >= 0.3 is 5.97 Å². The van der Waals surface area contributed by atoms with E-state index in [1.54, 1.807) is 31.2 Å². The highest BCUT2D eigenvalue weighted by Gasteiger charge is 2.34. The lowest BCUT2D eigenvalue weighted by Gasteiger charge is -2.30. The number of esters is 1. The summed E-state index contributed by atoms with van der Waals surface area (Å²) in [5, 5.41) is 8.49. The van der Waals surface area contributed by atoms with Crippen molar-refractivity contribution in [1.82, 2.24) is 5.16 Å². The Hall–Kier alpha value is -4.17. The van der Waals surface area contributed by atoms with Crippen LogP contribution in [0.5, 0.6) is 0 Å². The zero-order chi connectivity index (χ0) is 23.9. The van der Waals surface area contributed by atoms with E-state index < -0.39 is 5.97 Å². The summed E-state index contributed by atoms with van der Waals surface area (Å²) in [5.74, 6) is 0.0933. The molecular formula is C27H23N3O5. The van der Waals surface area contributed by atoms with Crippen LogP contribution in [-0.4, -0.2) is 49.8 Å². The number of hydrogen-bond donors (Lipinski definition) is 1. The van der Waals surface area contributed by atoms with Crippen molar-refractivity contribution in [3.63, 3.8) is 0 Å². The Morgan fingerprint density at radius 3 is 2.69 bits per heavy atom. The summed E-state index contributed by atoms with van der Waals surface area (Å²) in [7, 11) is 0. The van der Waals surface area contributed by atoms with E-state index in [0.717, 1.165) is 11.3 Å². The third-order valence-electron chi connectivity index (χ3n) is 6.38. The Bertz CT molecular complexity index is 1470. The van der Waals surface area contributed by atoms with Gasteiger partial charge in [0.05, 0.1) is 47.7 Å². The van der Waals surface area contributed by atoms with Gasteiger partial charge in [0, 0.05) is 29.9 Å². The predicted octanol–water partition coefficient (Wildman–Crippen LogP) is 4.80. The van der Waals surface area contributed by atoms with Crippen LogP contribution in [0, 0.1) is 0 Å². The third kappa shape index (κ3) is 3.54. The van der Waals surface area contributed by atoms with E-state index in [9.17, 15) is 9.59 Å². The Kier molecular flexibility index (Phi) is 5.22.